The molecule has 1 aliphatic rings. The molecular formula is C51H85N13O20. The van der Waals surface area contributed by atoms with Crippen LogP contribution in [0.3, 0.4) is 0 Å². The summed E-state index contributed by atoms with van der Waals surface area (Å²) in [5, 5.41) is 74.2. The Labute approximate surface area is 485 Å². The zero-order valence-electron chi connectivity index (χ0n) is 48.3. The second-order valence-electron chi connectivity index (χ2n) is 19.9. The lowest BCUT2D eigenvalue weighted by Gasteiger charge is -2.27. The number of cyclic esters (lactones) is 1. The van der Waals surface area contributed by atoms with Gasteiger partial charge in [0, 0.05) is 46.8 Å². The highest BCUT2D eigenvalue weighted by molar-refractivity contribution is 5.98. The van der Waals surface area contributed by atoms with Crippen molar-refractivity contribution in [3.05, 3.63) is 12.2 Å². The smallest absolute Gasteiger partial charge is 0.325 e. The Morgan fingerprint density at radius 3 is 1.44 bits per heavy atom. The van der Waals surface area contributed by atoms with Gasteiger partial charge in [-0.25, -0.2) is 15.2 Å². The van der Waals surface area contributed by atoms with E-state index in [1.807, 2.05) is 0 Å². The Bertz CT molecular complexity index is 2290. The number of hydrogen-bond donors (Lipinski definition) is 15. The van der Waals surface area contributed by atoms with Crippen molar-refractivity contribution >= 4 is 82.8 Å². The summed E-state index contributed by atoms with van der Waals surface area (Å²) < 4.78 is 5.28. The van der Waals surface area contributed by atoms with Gasteiger partial charge in [-0.05, 0) is 57.3 Å². The van der Waals surface area contributed by atoms with E-state index >= 15 is 0 Å². The van der Waals surface area contributed by atoms with Gasteiger partial charge in [-0.15, -0.1) is 0 Å². The zero-order chi connectivity index (χ0) is 63.5. The number of carbonyl (C=O) groups is 14. The maximum absolute atomic E-state index is 14.0. The van der Waals surface area contributed by atoms with Crippen molar-refractivity contribution in [3.63, 3.8) is 0 Å². The third kappa shape index (κ3) is 29.9. The summed E-state index contributed by atoms with van der Waals surface area (Å²) >= 11 is 0. The highest BCUT2D eigenvalue weighted by Gasteiger charge is 2.34. The molecule has 0 saturated carbocycles. The number of carbonyl (C=O) groups excluding carboxylic acids is 14. The van der Waals surface area contributed by atoms with Crippen LogP contribution in [0.15, 0.2) is 12.2 Å². The van der Waals surface area contributed by atoms with E-state index in [4.69, 9.17) is 4.74 Å². The Hall–Kier alpha value is -7.88. The number of rotatable bonds is 23. The number of aliphatic hydroxyl groups is 2. The van der Waals surface area contributed by atoms with Crippen LogP contribution >= 0.6 is 0 Å². The molecule has 0 bridgehead atoms. The first kappa shape index (κ1) is 74.1. The molecule has 0 unspecified atom stereocenters. The monoisotopic (exact) mass is 1200 g/mol. The molecule has 13 amide bonds. The highest BCUT2D eigenvalue weighted by Crippen LogP contribution is 2.08. The van der Waals surface area contributed by atoms with Crippen molar-refractivity contribution < 1.29 is 97.7 Å². The molecule has 1 heterocycles. The van der Waals surface area contributed by atoms with Crippen molar-refractivity contribution in [3.8, 4) is 0 Å². The number of amides is 13. The predicted octanol–water partition coefficient (Wildman–Crippen LogP) is -5.10. The molecule has 0 aromatic rings. The lowest BCUT2D eigenvalue weighted by Crippen LogP contribution is -2.60. The van der Waals surface area contributed by atoms with Crippen molar-refractivity contribution in [1.82, 2.24) is 68.4 Å². The fourth-order valence-electron chi connectivity index (χ4n) is 7.61. The average Bonchev–Trinajstić information content (AvgIpc) is 3.57. The number of hydrogen-bond acceptors (Lipinski definition) is 20. The van der Waals surface area contributed by atoms with E-state index in [1.54, 1.807) is 12.2 Å². The fourth-order valence-corrected chi connectivity index (χ4v) is 7.61. The summed E-state index contributed by atoms with van der Waals surface area (Å²) in [7, 11) is 0. The molecule has 0 aliphatic carbocycles. The largest absolute Gasteiger partial charge is 0.462 e. The number of ether oxygens (including phenoxy) is 1. The number of nitrogens with one attached hydrogen (secondary N) is 10. The van der Waals surface area contributed by atoms with E-state index in [1.165, 1.54) is 13.8 Å². The van der Waals surface area contributed by atoms with Gasteiger partial charge in [-0.1, -0.05) is 52.2 Å². The van der Waals surface area contributed by atoms with Gasteiger partial charge < -0.3 is 68.1 Å². The van der Waals surface area contributed by atoms with E-state index in [0.29, 0.717) is 21.6 Å². The van der Waals surface area contributed by atoms with Gasteiger partial charge in [0.2, 0.25) is 76.8 Å². The standard InChI is InChI=1S/C51H85N13O20/c1-7-8-9-10-11-12-13-20-40(70)56-39-29-84-43(73)26-54-45(74)34(17-14-21-62(81)31(4)67)55-41(71)24-53-47(76)37(27-65)59-48(77)36(19-16-23-64(83)33(6)69)58-49(78)38(28-66)60-51(80)44(30(2)3)61-42(72)25-52-46(75)35(57-50(39)79)18-15-22-63(82)32(5)68/h12-13,30,34-39,44,65-66,81-83H,7-11,14-29H2,1-6H3,(H,52,75)(H,53,76)(H,54,74)(H,55,71)(H,56,70)(H,57,79)(H,58,78)(H,59,77)(H,60,80)(H,61,72)/b13-12+/t34-,35-,36-,37-,38-,39-,44-/m0/s1. The number of esters is 1. The van der Waals surface area contributed by atoms with E-state index < -0.39 is 170 Å². The van der Waals surface area contributed by atoms with Crippen molar-refractivity contribution in [2.45, 2.75) is 161 Å². The van der Waals surface area contributed by atoms with Crippen LogP contribution in [-0.4, -0.2) is 225 Å². The van der Waals surface area contributed by atoms with E-state index in [2.05, 4.69) is 60.1 Å². The van der Waals surface area contributed by atoms with Crippen LogP contribution in [0.5, 0.6) is 0 Å². The molecule has 7 atom stereocenters. The molecule has 1 saturated heterocycles. The summed E-state index contributed by atoms with van der Waals surface area (Å²) in [5.41, 5.74) is 0. The van der Waals surface area contributed by atoms with Gasteiger partial charge in [-0.2, -0.15) is 0 Å². The van der Waals surface area contributed by atoms with Crippen LogP contribution in [-0.2, 0) is 71.9 Å². The lowest BCUT2D eigenvalue weighted by atomic mass is 10.0. The van der Waals surface area contributed by atoms with Gasteiger partial charge in [0.05, 0.1) is 26.3 Å². The second kappa shape index (κ2) is 40.4. The van der Waals surface area contributed by atoms with Crippen LogP contribution in [0.25, 0.3) is 0 Å². The third-order valence-corrected chi connectivity index (χ3v) is 12.5. The Balaban J connectivity index is 3.82. The van der Waals surface area contributed by atoms with Crippen LogP contribution in [0, 0.1) is 5.92 Å². The maximum Gasteiger partial charge on any atom is 0.325 e. The Morgan fingerprint density at radius 1 is 0.536 bits per heavy atom. The van der Waals surface area contributed by atoms with Gasteiger partial charge in [0.1, 0.15) is 55.4 Å². The maximum atomic E-state index is 14.0. The minimum atomic E-state index is -1.84. The van der Waals surface area contributed by atoms with Crippen LogP contribution in [0.1, 0.15) is 119 Å². The molecule has 33 nitrogen and oxygen atoms in total. The third-order valence-electron chi connectivity index (χ3n) is 12.5. The molecule has 1 fully saturated rings. The number of hydroxylamine groups is 6. The second-order valence-corrected chi connectivity index (χ2v) is 19.9. The van der Waals surface area contributed by atoms with Gasteiger partial charge in [0.15, 0.2) is 0 Å². The summed E-state index contributed by atoms with van der Waals surface area (Å²) in [6, 6.07) is -11.7. The van der Waals surface area contributed by atoms with Gasteiger partial charge >= 0.3 is 5.97 Å². The van der Waals surface area contributed by atoms with E-state index in [9.17, 15) is 93.0 Å². The number of unbranched alkanes of at least 4 members (excludes halogenated alkanes) is 4. The first-order valence-corrected chi connectivity index (χ1v) is 27.5. The summed E-state index contributed by atoms with van der Waals surface area (Å²) in [5.74, 6) is -14.8. The van der Waals surface area contributed by atoms with Crippen LogP contribution in [0.4, 0.5) is 0 Å². The van der Waals surface area contributed by atoms with Gasteiger partial charge in [0.25, 0.3) is 0 Å². The summed E-state index contributed by atoms with van der Waals surface area (Å²) in [6.45, 7) is 1.27. The number of nitrogens with zero attached hydrogens (tertiary/aromatic N) is 3. The molecule has 474 valence electrons. The highest BCUT2D eigenvalue weighted by atomic mass is 16.5. The minimum absolute atomic E-state index is 0.137. The molecule has 15 N–H and O–H groups in total. The molecule has 1 aliphatic heterocycles. The molecule has 0 aromatic heterocycles. The number of allylic oxidation sites excluding steroid dienone is 1. The minimum Gasteiger partial charge on any atom is -0.462 e. The molecular weight excluding hydrogens is 1110 g/mol. The van der Waals surface area contributed by atoms with Crippen LogP contribution < -0.4 is 53.2 Å². The van der Waals surface area contributed by atoms with Crippen LogP contribution in [0.2, 0.25) is 0 Å². The quantitative estimate of drug-likeness (QED) is 0.0150. The molecule has 0 radical (unpaired) electrons. The predicted molar refractivity (Wildman–Crippen MR) is 290 cm³/mol. The zero-order valence-corrected chi connectivity index (χ0v) is 48.3. The summed E-state index contributed by atoms with van der Waals surface area (Å²) in [6.07, 6.45) is 6.09. The Kier molecular flexibility index (Phi) is 35.6. The first-order chi connectivity index (χ1) is 39.6. The van der Waals surface area contributed by atoms with Crippen molar-refractivity contribution in [1.29, 1.82) is 0 Å². The van der Waals surface area contributed by atoms with Crippen molar-refractivity contribution in [2.75, 3.05) is 59.1 Å². The lowest BCUT2D eigenvalue weighted by molar-refractivity contribution is -0.163. The topological polar surface area (TPSA) is 479 Å². The van der Waals surface area contributed by atoms with Gasteiger partial charge in [-0.3, -0.25) is 82.7 Å². The van der Waals surface area contributed by atoms with E-state index in [0.717, 1.165) is 46.5 Å². The van der Waals surface area contributed by atoms with E-state index in [-0.39, 0.29) is 64.6 Å². The Morgan fingerprint density at radius 2 is 0.952 bits per heavy atom. The normalized spacial score (nSPS) is 21.8. The summed E-state index contributed by atoms with van der Waals surface area (Å²) in [4.78, 5) is 184. The molecule has 0 spiro atoms. The molecule has 1 rings (SSSR count). The number of aliphatic hydroxyl groups excluding tert-OH is 2. The fraction of sp³-hybridized carbons (Fsp3) is 0.686. The average molecular weight is 1200 g/mol. The molecule has 0 aromatic carbocycles. The molecule has 84 heavy (non-hydrogen) atoms. The first-order valence-electron chi connectivity index (χ1n) is 27.5. The van der Waals surface area contributed by atoms with Crippen molar-refractivity contribution in [2.24, 2.45) is 5.92 Å². The molecule has 33 heteroatoms. The SMILES string of the molecule is CCCCCC/C=C/CC(=O)N[C@H]1COC(=O)CNC(=O)[C@H](CCCN(O)C(C)=O)NC(=O)CNC(=O)[C@H](CO)NC(=O)[C@H](CCCN(O)C(C)=O)NC(=O)[C@H](CO)NC(=O)[C@H](C(C)C)NC(=O)CNC(=O)[C@H](CCCN(O)C(C)=O)NC1=O.